The number of aliphatic carboxylic acids is 1. The van der Waals surface area contributed by atoms with Crippen LogP contribution in [-0.2, 0) is 17.6 Å². The van der Waals surface area contributed by atoms with E-state index in [0.717, 1.165) is 46.3 Å². The number of methoxy groups -OCH3 is 1. The van der Waals surface area contributed by atoms with Crippen LogP contribution in [0, 0.1) is 0 Å². The van der Waals surface area contributed by atoms with Crippen LogP contribution in [-0.4, -0.2) is 29.7 Å². The zero-order valence-electron chi connectivity index (χ0n) is 11.6. The summed E-state index contributed by atoms with van der Waals surface area (Å²) in [7, 11) is 1.67. The van der Waals surface area contributed by atoms with Crippen molar-refractivity contribution in [2.24, 2.45) is 0 Å². The molecule has 0 amide bonds. The van der Waals surface area contributed by atoms with E-state index in [9.17, 15) is 9.90 Å². The van der Waals surface area contributed by atoms with Crippen molar-refractivity contribution in [3.05, 3.63) is 29.0 Å². The van der Waals surface area contributed by atoms with Gasteiger partial charge in [0.05, 0.1) is 7.11 Å². The van der Waals surface area contributed by atoms with Crippen LogP contribution in [0.3, 0.4) is 0 Å². The quantitative estimate of drug-likeness (QED) is 0.800. The van der Waals surface area contributed by atoms with Gasteiger partial charge >= 0.3 is 5.97 Å². The molecular formula is C15H18N2O3. The molecule has 1 aromatic carbocycles. The van der Waals surface area contributed by atoms with Gasteiger partial charge in [0.15, 0.2) is 0 Å². The smallest absolute Gasteiger partial charge is 0.326 e. The number of carboxylic acid groups (broad SMARTS) is 1. The maximum atomic E-state index is 11.4. The first-order valence-electron chi connectivity index (χ1n) is 6.83. The van der Waals surface area contributed by atoms with Gasteiger partial charge in [-0.1, -0.05) is 6.92 Å². The van der Waals surface area contributed by atoms with Crippen molar-refractivity contribution in [3.63, 3.8) is 0 Å². The Hall–Kier alpha value is -2.01. The molecule has 0 fully saturated rings. The van der Waals surface area contributed by atoms with Gasteiger partial charge in [0.2, 0.25) is 0 Å². The minimum atomic E-state index is -0.845. The average molecular weight is 274 g/mol. The molecule has 20 heavy (non-hydrogen) atoms. The molecule has 5 heteroatoms. The number of H-pyrrole nitrogens is 1. The number of aromatic amines is 1. The molecule has 3 N–H and O–H groups in total. The fraction of sp³-hybridized carbons (Fsp3) is 0.400. The van der Waals surface area contributed by atoms with Crippen molar-refractivity contribution < 1.29 is 14.6 Å². The van der Waals surface area contributed by atoms with Crippen LogP contribution in [0.25, 0.3) is 10.9 Å². The number of nitrogens with one attached hydrogen (secondary N) is 2. The second-order valence-electron chi connectivity index (χ2n) is 5.02. The molecule has 0 spiro atoms. The van der Waals surface area contributed by atoms with E-state index < -0.39 is 12.0 Å². The largest absolute Gasteiger partial charge is 0.496 e. The summed E-state index contributed by atoms with van der Waals surface area (Å²) >= 11 is 0. The molecule has 0 radical (unpaired) electrons. The molecular weight excluding hydrogens is 256 g/mol. The number of carboxylic acids is 1. The molecule has 0 saturated heterocycles. The highest BCUT2D eigenvalue weighted by molar-refractivity contribution is 5.92. The predicted octanol–water partition coefficient (Wildman–Crippen LogP) is 2.01. The first kappa shape index (κ1) is 13.0. The minimum Gasteiger partial charge on any atom is -0.496 e. The van der Waals surface area contributed by atoms with Crippen molar-refractivity contribution in [3.8, 4) is 5.75 Å². The van der Waals surface area contributed by atoms with Gasteiger partial charge < -0.3 is 14.8 Å². The molecule has 5 nitrogen and oxygen atoms in total. The Bertz CT molecular complexity index is 675. The van der Waals surface area contributed by atoms with E-state index >= 15 is 0 Å². The van der Waals surface area contributed by atoms with Gasteiger partial charge in [-0.2, -0.15) is 0 Å². The van der Waals surface area contributed by atoms with E-state index in [2.05, 4.69) is 17.2 Å². The van der Waals surface area contributed by atoms with Gasteiger partial charge in [0.1, 0.15) is 11.8 Å². The number of aryl methyl sites for hydroxylation is 1. The lowest BCUT2D eigenvalue weighted by Crippen LogP contribution is -2.34. The topological polar surface area (TPSA) is 74.3 Å². The van der Waals surface area contributed by atoms with Crippen LogP contribution in [0.15, 0.2) is 12.1 Å². The average Bonchev–Trinajstić information content (AvgIpc) is 2.84. The fourth-order valence-electron chi connectivity index (χ4n) is 3.14. The van der Waals surface area contributed by atoms with Crippen molar-refractivity contribution in [2.45, 2.75) is 25.8 Å². The van der Waals surface area contributed by atoms with Gasteiger partial charge in [0.25, 0.3) is 0 Å². The van der Waals surface area contributed by atoms with Crippen molar-refractivity contribution >= 4 is 16.9 Å². The highest BCUT2D eigenvalue weighted by atomic mass is 16.5. The van der Waals surface area contributed by atoms with Gasteiger partial charge in [0, 0.05) is 28.7 Å². The molecule has 0 saturated carbocycles. The third-order valence-electron chi connectivity index (χ3n) is 4.00. The number of ether oxygens (including phenoxy) is 1. The molecule has 1 unspecified atom stereocenters. The van der Waals surface area contributed by atoms with Crippen LogP contribution < -0.4 is 10.1 Å². The molecule has 1 aliphatic rings. The van der Waals surface area contributed by atoms with E-state index in [0.29, 0.717) is 6.54 Å². The molecule has 2 aromatic rings. The van der Waals surface area contributed by atoms with Crippen molar-refractivity contribution in [2.75, 3.05) is 13.7 Å². The zero-order chi connectivity index (χ0) is 14.3. The SMILES string of the molecule is CCc1c(OC)ccc2[nH]c3c(c12)CCNC3C(=O)O. The third kappa shape index (κ3) is 1.78. The van der Waals surface area contributed by atoms with E-state index in [4.69, 9.17) is 4.74 Å². The number of hydrogen-bond acceptors (Lipinski definition) is 3. The number of hydrogen-bond donors (Lipinski definition) is 3. The van der Waals surface area contributed by atoms with Gasteiger partial charge in [-0.3, -0.25) is 10.1 Å². The molecule has 3 rings (SSSR count). The maximum Gasteiger partial charge on any atom is 0.326 e. The fourth-order valence-corrected chi connectivity index (χ4v) is 3.14. The number of benzene rings is 1. The predicted molar refractivity (Wildman–Crippen MR) is 76.3 cm³/mol. The lowest BCUT2D eigenvalue weighted by molar-refractivity contribution is -0.139. The Kier molecular flexibility index (Phi) is 3.14. The van der Waals surface area contributed by atoms with Gasteiger partial charge in [-0.15, -0.1) is 0 Å². The van der Waals surface area contributed by atoms with Gasteiger partial charge in [-0.25, -0.2) is 0 Å². The Morgan fingerprint density at radius 1 is 1.50 bits per heavy atom. The number of fused-ring (bicyclic) bond motifs is 3. The van der Waals surface area contributed by atoms with Crippen LogP contribution in [0.1, 0.15) is 29.8 Å². The van der Waals surface area contributed by atoms with Crippen LogP contribution >= 0.6 is 0 Å². The van der Waals surface area contributed by atoms with E-state index in [1.165, 1.54) is 0 Å². The van der Waals surface area contributed by atoms with E-state index in [1.54, 1.807) is 7.11 Å². The normalized spacial score (nSPS) is 18.0. The Morgan fingerprint density at radius 3 is 2.95 bits per heavy atom. The number of aromatic nitrogens is 1. The summed E-state index contributed by atoms with van der Waals surface area (Å²) in [5, 5.41) is 13.5. The second-order valence-corrected chi connectivity index (χ2v) is 5.02. The van der Waals surface area contributed by atoms with Crippen LogP contribution in [0.2, 0.25) is 0 Å². The number of rotatable bonds is 3. The summed E-state index contributed by atoms with van der Waals surface area (Å²) in [5.74, 6) is 0.0229. The molecule has 1 atom stereocenters. The lowest BCUT2D eigenvalue weighted by atomic mass is 9.95. The molecule has 1 aromatic heterocycles. The van der Waals surface area contributed by atoms with Crippen LogP contribution in [0.5, 0.6) is 5.75 Å². The lowest BCUT2D eigenvalue weighted by Gasteiger charge is -2.21. The molecule has 1 aliphatic heterocycles. The number of carbonyl (C=O) groups is 1. The standard InChI is InChI=1S/C15H18N2O3/c1-3-8-11(20-2)5-4-10-12(8)9-6-7-16-14(15(18)19)13(9)17-10/h4-5,14,16-17H,3,6-7H2,1-2H3,(H,18,19). The summed E-state index contributed by atoms with van der Waals surface area (Å²) in [4.78, 5) is 14.6. The highest BCUT2D eigenvalue weighted by Crippen LogP contribution is 2.36. The Balaban J connectivity index is 2.29. The molecule has 0 bridgehead atoms. The summed E-state index contributed by atoms with van der Waals surface area (Å²) < 4.78 is 5.43. The third-order valence-corrected chi connectivity index (χ3v) is 4.00. The molecule has 0 aliphatic carbocycles. The zero-order valence-corrected chi connectivity index (χ0v) is 11.6. The Morgan fingerprint density at radius 2 is 2.30 bits per heavy atom. The first-order valence-corrected chi connectivity index (χ1v) is 6.83. The molecule has 2 heterocycles. The van der Waals surface area contributed by atoms with Crippen LogP contribution in [0.4, 0.5) is 0 Å². The minimum absolute atomic E-state index is 0.651. The monoisotopic (exact) mass is 274 g/mol. The summed E-state index contributed by atoms with van der Waals surface area (Å²) in [6.07, 6.45) is 1.69. The Labute approximate surface area is 116 Å². The second kappa shape index (κ2) is 4.83. The summed E-state index contributed by atoms with van der Waals surface area (Å²) in [6.45, 7) is 2.77. The first-order chi connectivity index (χ1) is 9.67. The van der Waals surface area contributed by atoms with Crippen molar-refractivity contribution in [1.29, 1.82) is 0 Å². The van der Waals surface area contributed by atoms with Gasteiger partial charge in [-0.05, 0) is 30.5 Å². The maximum absolute atomic E-state index is 11.4. The molecule has 106 valence electrons. The highest BCUT2D eigenvalue weighted by Gasteiger charge is 2.30. The van der Waals surface area contributed by atoms with Crippen molar-refractivity contribution in [1.82, 2.24) is 10.3 Å². The van der Waals surface area contributed by atoms with E-state index in [1.807, 2.05) is 12.1 Å². The summed E-state index contributed by atoms with van der Waals surface area (Å²) in [6, 6.07) is 3.25. The summed E-state index contributed by atoms with van der Waals surface area (Å²) in [5.41, 5.74) is 4.03. The van der Waals surface area contributed by atoms with E-state index in [-0.39, 0.29) is 0 Å².